The molecule has 1 rings (SSSR count). The average Bonchev–Trinajstić information content (AvgIpc) is 2.25. The lowest BCUT2D eigenvalue weighted by molar-refractivity contribution is -0.119. The molecule has 94 valence electrons. The first-order valence-electron chi connectivity index (χ1n) is 5.24. The van der Waals surface area contributed by atoms with Crippen LogP contribution in [0.2, 0.25) is 0 Å². The number of carbonyl (C=O) groups excluding carboxylic acids is 1. The SMILES string of the molecule is CC(=O)NCC(O)C(O)c1ncc(N)cc1C. The van der Waals surface area contributed by atoms with Crippen molar-refractivity contribution in [3.8, 4) is 0 Å². The first-order chi connectivity index (χ1) is 7.91. The summed E-state index contributed by atoms with van der Waals surface area (Å²) < 4.78 is 0. The van der Waals surface area contributed by atoms with Gasteiger partial charge in [-0.15, -0.1) is 0 Å². The third-order valence-electron chi connectivity index (χ3n) is 2.34. The van der Waals surface area contributed by atoms with Gasteiger partial charge >= 0.3 is 0 Å². The molecular formula is C11H17N3O3. The molecule has 0 spiro atoms. The Balaban J connectivity index is 2.74. The molecule has 0 aliphatic rings. The fourth-order valence-corrected chi connectivity index (χ4v) is 1.46. The molecule has 0 saturated carbocycles. The second-order valence-corrected chi connectivity index (χ2v) is 3.92. The van der Waals surface area contributed by atoms with E-state index in [1.807, 2.05) is 0 Å². The molecule has 1 heterocycles. The monoisotopic (exact) mass is 239 g/mol. The first kappa shape index (κ1) is 13.4. The molecule has 0 aliphatic carbocycles. The zero-order valence-corrected chi connectivity index (χ0v) is 9.84. The van der Waals surface area contributed by atoms with Crippen LogP contribution in [0.25, 0.3) is 0 Å². The summed E-state index contributed by atoms with van der Waals surface area (Å²) in [5, 5.41) is 22.0. The molecule has 0 saturated heterocycles. The van der Waals surface area contributed by atoms with Crippen LogP contribution in [0, 0.1) is 6.92 Å². The number of carbonyl (C=O) groups is 1. The van der Waals surface area contributed by atoms with Crippen molar-refractivity contribution in [3.05, 3.63) is 23.5 Å². The molecule has 1 aromatic rings. The molecule has 0 radical (unpaired) electrons. The van der Waals surface area contributed by atoms with Crippen LogP contribution in [0.3, 0.4) is 0 Å². The van der Waals surface area contributed by atoms with Crippen LogP contribution in [0.15, 0.2) is 12.3 Å². The van der Waals surface area contributed by atoms with Crippen LogP contribution >= 0.6 is 0 Å². The second kappa shape index (κ2) is 5.60. The normalized spacial score (nSPS) is 14.1. The number of anilines is 1. The van der Waals surface area contributed by atoms with E-state index in [4.69, 9.17) is 5.73 Å². The molecule has 2 unspecified atom stereocenters. The van der Waals surface area contributed by atoms with Crippen LogP contribution in [0.1, 0.15) is 24.3 Å². The Kier molecular flexibility index (Phi) is 4.42. The van der Waals surface area contributed by atoms with Gasteiger partial charge in [0.15, 0.2) is 0 Å². The summed E-state index contributed by atoms with van der Waals surface area (Å²) in [6.07, 6.45) is -0.840. The molecule has 0 aliphatic heterocycles. The maximum absolute atomic E-state index is 10.7. The summed E-state index contributed by atoms with van der Waals surface area (Å²) in [4.78, 5) is 14.7. The van der Waals surface area contributed by atoms with E-state index in [1.165, 1.54) is 13.1 Å². The second-order valence-electron chi connectivity index (χ2n) is 3.92. The predicted molar refractivity (Wildman–Crippen MR) is 63.0 cm³/mol. The van der Waals surface area contributed by atoms with Gasteiger partial charge in [-0.3, -0.25) is 9.78 Å². The number of nitrogens with one attached hydrogen (secondary N) is 1. The number of nitrogens with zero attached hydrogens (tertiary/aromatic N) is 1. The van der Waals surface area contributed by atoms with Crippen molar-refractivity contribution >= 4 is 11.6 Å². The third-order valence-corrected chi connectivity index (χ3v) is 2.34. The Morgan fingerprint density at radius 1 is 1.59 bits per heavy atom. The summed E-state index contributed by atoms with van der Waals surface area (Å²) in [7, 11) is 0. The summed E-state index contributed by atoms with van der Waals surface area (Å²) in [6, 6.07) is 1.66. The molecule has 6 heteroatoms. The lowest BCUT2D eigenvalue weighted by Gasteiger charge is -2.19. The van der Waals surface area contributed by atoms with Gasteiger partial charge in [-0.2, -0.15) is 0 Å². The first-order valence-corrected chi connectivity index (χ1v) is 5.24. The van der Waals surface area contributed by atoms with Crippen molar-refractivity contribution in [2.24, 2.45) is 0 Å². The maximum atomic E-state index is 10.7. The van der Waals surface area contributed by atoms with Crippen molar-refractivity contribution < 1.29 is 15.0 Å². The van der Waals surface area contributed by atoms with Crippen LogP contribution in [-0.2, 0) is 4.79 Å². The largest absolute Gasteiger partial charge is 0.397 e. The van der Waals surface area contributed by atoms with Crippen LogP contribution in [0.5, 0.6) is 0 Å². The Hall–Kier alpha value is -1.66. The van der Waals surface area contributed by atoms with E-state index in [0.29, 0.717) is 16.9 Å². The molecule has 1 amide bonds. The van der Waals surface area contributed by atoms with Gasteiger partial charge < -0.3 is 21.3 Å². The van der Waals surface area contributed by atoms with E-state index in [0.717, 1.165) is 0 Å². The number of aromatic nitrogens is 1. The lowest BCUT2D eigenvalue weighted by atomic mass is 10.1. The van der Waals surface area contributed by atoms with Crippen molar-refractivity contribution in [2.45, 2.75) is 26.1 Å². The molecule has 5 N–H and O–H groups in total. The topological polar surface area (TPSA) is 108 Å². The maximum Gasteiger partial charge on any atom is 0.216 e. The highest BCUT2D eigenvalue weighted by Gasteiger charge is 2.21. The molecule has 0 aromatic carbocycles. The van der Waals surface area contributed by atoms with Crippen molar-refractivity contribution in [3.63, 3.8) is 0 Å². The van der Waals surface area contributed by atoms with E-state index in [2.05, 4.69) is 10.3 Å². The van der Waals surface area contributed by atoms with Crippen molar-refractivity contribution in [1.82, 2.24) is 10.3 Å². The Morgan fingerprint density at radius 3 is 2.76 bits per heavy atom. The third kappa shape index (κ3) is 3.69. The van der Waals surface area contributed by atoms with Gasteiger partial charge in [0.05, 0.1) is 17.6 Å². The molecule has 1 aromatic heterocycles. The quantitative estimate of drug-likeness (QED) is 0.566. The highest BCUT2D eigenvalue weighted by atomic mass is 16.3. The summed E-state index contributed by atoms with van der Waals surface area (Å²) in [6.45, 7) is 3.06. The van der Waals surface area contributed by atoms with Gasteiger partial charge in [-0.1, -0.05) is 0 Å². The Morgan fingerprint density at radius 2 is 2.24 bits per heavy atom. The molecule has 6 nitrogen and oxygen atoms in total. The number of nitrogens with two attached hydrogens (primary N) is 1. The molecule has 2 atom stereocenters. The zero-order valence-electron chi connectivity index (χ0n) is 9.84. The van der Waals surface area contributed by atoms with E-state index in [1.54, 1.807) is 13.0 Å². The van der Waals surface area contributed by atoms with E-state index in [-0.39, 0.29) is 12.5 Å². The van der Waals surface area contributed by atoms with Crippen molar-refractivity contribution in [2.75, 3.05) is 12.3 Å². The minimum absolute atomic E-state index is 0.0258. The Labute approximate surface area is 99.5 Å². The van der Waals surface area contributed by atoms with Crippen LogP contribution in [-0.4, -0.2) is 33.8 Å². The standard InChI is InChI=1S/C11H17N3O3/c1-6-3-8(12)4-14-10(6)11(17)9(16)5-13-7(2)15/h3-4,9,11,16-17H,5,12H2,1-2H3,(H,13,15). The van der Waals surface area contributed by atoms with Gasteiger partial charge in [-0.05, 0) is 18.6 Å². The van der Waals surface area contributed by atoms with Gasteiger partial charge in [0.25, 0.3) is 0 Å². The van der Waals surface area contributed by atoms with Crippen LogP contribution < -0.4 is 11.1 Å². The minimum Gasteiger partial charge on any atom is -0.397 e. The number of aliphatic hydroxyl groups excluding tert-OH is 2. The number of aryl methyl sites for hydroxylation is 1. The Bertz CT molecular complexity index is 409. The average molecular weight is 239 g/mol. The highest BCUT2D eigenvalue weighted by molar-refractivity contribution is 5.72. The van der Waals surface area contributed by atoms with Crippen molar-refractivity contribution in [1.29, 1.82) is 0 Å². The fourth-order valence-electron chi connectivity index (χ4n) is 1.46. The lowest BCUT2D eigenvalue weighted by Crippen LogP contribution is -2.34. The number of pyridine rings is 1. The molecule has 17 heavy (non-hydrogen) atoms. The fraction of sp³-hybridized carbons (Fsp3) is 0.455. The van der Waals surface area contributed by atoms with Crippen LogP contribution in [0.4, 0.5) is 5.69 Å². The summed E-state index contributed by atoms with van der Waals surface area (Å²) in [5.74, 6) is -0.266. The molecule has 0 fully saturated rings. The molecular weight excluding hydrogens is 222 g/mol. The summed E-state index contributed by atoms with van der Waals surface area (Å²) in [5.41, 5.74) is 7.09. The number of nitrogen functional groups attached to an aromatic ring is 1. The summed E-state index contributed by atoms with van der Waals surface area (Å²) >= 11 is 0. The van der Waals surface area contributed by atoms with Gasteiger partial charge in [0, 0.05) is 13.5 Å². The number of hydrogen-bond donors (Lipinski definition) is 4. The number of amides is 1. The smallest absolute Gasteiger partial charge is 0.216 e. The van der Waals surface area contributed by atoms with Gasteiger partial charge in [0.2, 0.25) is 5.91 Å². The van der Waals surface area contributed by atoms with Gasteiger partial charge in [0.1, 0.15) is 12.2 Å². The van der Waals surface area contributed by atoms with E-state index >= 15 is 0 Å². The van der Waals surface area contributed by atoms with E-state index < -0.39 is 12.2 Å². The highest BCUT2D eigenvalue weighted by Crippen LogP contribution is 2.19. The van der Waals surface area contributed by atoms with E-state index in [9.17, 15) is 15.0 Å². The number of rotatable bonds is 4. The zero-order chi connectivity index (χ0) is 13.0. The predicted octanol–water partition coefficient (Wildman–Crippen LogP) is -0.497. The molecule has 0 bridgehead atoms. The van der Waals surface area contributed by atoms with Gasteiger partial charge in [-0.25, -0.2) is 0 Å². The number of hydrogen-bond acceptors (Lipinski definition) is 5. The minimum atomic E-state index is -1.15. The number of aliphatic hydroxyl groups is 2.